The van der Waals surface area contributed by atoms with Gasteiger partial charge in [0, 0.05) is 26.2 Å². The molecule has 0 bridgehead atoms. The first-order valence-corrected chi connectivity index (χ1v) is 6.77. The summed E-state index contributed by atoms with van der Waals surface area (Å²) < 4.78 is 20.4. The van der Waals surface area contributed by atoms with E-state index in [1.165, 1.54) is 6.33 Å². The van der Waals surface area contributed by atoms with Crippen molar-refractivity contribution in [3.8, 4) is 11.5 Å². The van der Waals surface area contributed by atoms with Crippen molar-refractivity contribution in [3.05, 3.63) is 28.9 Å². The first kappa shape index (κ1) is 12.6. The summed E-state index contributed by atoms with van der Waals surface area (Å²) in [7, 11) is 0. The summed E-state index contributed by atoms with van der Waals surface area (Å²) in [6.07, 6.45) is 1.37. The van der Waals surface area contributed by atoms with Crippen LogP contribution >= 0.6 is 15.9 Å². The molecule has 7 heteroatoms. The molecule has 0 radical (unpaired) electrons. The van der Waals surface area contributed by atoms with Crippen LogP contribution in [0.5, 0.6) is 0 Å². The third-order valence-electron chi connectivity index (χ3n) is 2.99. The molecule has 1 aliphatic rings. The predicted molar refractivity (Wildman–Crippen MR) is 72.5 cm³/mol. The van der Waals surface area contributed by atoms with Crippen LogP contribution in [-0.4, -0.2) is 36.1 Å². The highest BCUT2D eigenvalue weighted by atomic mass is 79.9. The maximum atomic E-state index is 14.5. The molecule has 1 fully saturated rings. The summed E-state index contributed by atoms with van der Waals surface area (Å²) in [5.74, 6) is 0.286. The van der Waals surface area contributed by atoms with Crippen LogP contribution in [-0.2, 0) is 0 Å². The normalized spacial score (nSPS) is 15.8. The van der Waals surface area contributed by atoms with E-state index in [-0.39, 0.29) is 5.69 Å². The predicted octanol–water partition coefficient (Wildman–Crippen LogP) is 2.05. The molecule has 0 saturated carbocycles. The Labute approximate surface area is 118 Å². The Morgan fingerprint density at radius 1 is 1.26 bits per heavy atom. The Balaban J connectivity index is 1.98. The summed E-state index contributed by atoms with van der Waals surface area (Å²) in [5, 5.41) is 3.22. The molecule has 2 aromatic heterocycles. The van der Waals surface area contributed by atoms with Gasteiger partial charge in [0.25, 0.3) is 0 Å². The standard InChI is InChI=1S/C12H12BrFN4O/c13-9-2-1-8(19-9)11-10(14)12(17-7-16-11)18-5-3-15-4-6-18/h1-2,7,15H,3-6H2. The second-order valence-electron chi connectivity index (χ2n) is 4.20. The molecule has 3 heterocycles. The topological polar surface area (TPSA) is 54.2 Å². The number of nitrogens with zero attached hydrogens (tertiary/aromatic N) is 3. The molecule has 1 N–H and O–H groups in total. The SMILES string of the molecule is Fc1c(-c2ccc(Br)o2)ncnc1N1CCNCC1. The van der Waals surface area contributed by atoms with E-state index < -0.39 is 5.82 Å². The minimum Gasteiger partial charge on any atom is -0.448 e. The summed E-state index contributed by atoms with van der Waals surface area (Å²) in [6, 6.07) is 3.39. The molecular weight excluding hydrogens is 315 g/mol. The van der Waals surface area contributed by atoms with E-state index in [1.807, 2.05) is 4.90 Å². The van der Waals surface area contributed by atoms with Crippen LogP contribution < -0.4 is 10.2 Å². The second kappa shape index (κ2) is 5.26. The Morgan fingerprint density at radius 2 is 2.05 bits per heavy atom. The number of anilines is 1. The third-order valence-corrected chi connectivity index (χ3v) is 3.42. The fraction of sp³-hybridized carbons (Fsp3) is 0.333. The van der Waals surface area contributed by atoms with Gasteiger partial charge in [0.2, 0.25) is 0 Å². The van der Waals surface area contributed by atoms with Gasteiger partial charge in [-0.2, -0.15) is 0 Å². The summed E-state index contributed by atoms with van der Waals surface area (Å²) >= 11 is 3.20. The maximum absolute atomic E-state index is 14.5. The maximum Gasteiger partial charge on any atom is 0.195 e. The molecule has 0 aromatic carbocycles. The number of nitrogens with one attached hydrogen (secondary N) is 1. The van der Waals surface area contributed by atoms with Gasteiger partial charge in [0.1, 0.15) is 12.0 Å². The summed E-state index contributed by atoms with van der Waals surface area (Å²) in [4.78, 5) is 9.94. The number of hydrogen-bond acceptors (Lipinski definition) is 5. The van der Waals surface area contributed by atoms with Crippen molar-refractivity contribution < 1.29 is 8.81 Å². The smallest absolute Gasteiger partial charge is 0.195 e. The van der Waals surface area contributed by atoms with Gasteiger partial charge in [-0.05, 0) is 28.1 Å². The molecule has 2 aromatic rings. The van der Waals surface area contributed by atoms with E-state index in [0.717, 1.165) is 26.2 Å². The molecule has 0 spiro atoms. The second-order valence-corrected chi connectivity index (χ2v) is 4.98. The highest BCUT2D eigenvalue weighted by molar-refractivity contribution is 9.10. The molecule has 5 nitrogen and oxygen atoms in total. The minimum atomic E-state index is -0.439. The monoisotopic (exact) mass is 326 g/mol. The van der Waals surface area contributed by atoms with Crippen LogP contribution in [0.4, 0.5) is 10.2 Å². The van der Waals surface area contributed by atoms with Crippen LogP contribution in [0.25, 0.3) is 11.5 Å². The van der Waals surface area contributed by atoms with Crippen LogP contribution in [0.1, 0.15) is 0 Å². The molecule has 1 saturated heterocycles. The average molecular weight is 327 g/mol. The van der Waals surface area contributed by atoms with Gasteiger partial charge in [0.05, 0.1) is 0 Å². The van der Waals surface area contributed by atoms with Crippen molar-refractivity contribution in [2.24, 2.45) is 0 Å². The molecule has 3 rings (SSSR count). The molecule has 0 amide bonds. The molecule has 19 heavy (non-hydrogen) atoms. The van der Waals surface area contributed by atoms with Gasteiger partial charge < -0.3 is 14.6 Å². The van der Waals surface area contributed by atoms with Crippen molar-refractivity contribution in [2.75, 3.05) is 31.1 Å². The fourth-order valence-electron chi connectivity index (χ4n) is 2.07. The number of furan rings is 1. The lowest BCUT2D eigenvalue weighted by Gasteiger charge is -2.28. The molecule has 1 aliphatic heterocycles. The Bertz CT molecular complexity index is 583. The quantitative estimate of drug-likeness (QED) is 0.915. The number of halogens is 2. The van der Waals surface area contributed by atoms with Crippen molar-refractivity contribution >= 4 is 21.7 Å². The van der Waals surface area contributed by atoms with E-state index in [2.05, 4.69) is 31.2 Å². The van der Waals surface area contributed by atoms with Gasteiger partial charge >= 0.3 is 0 Å². The first-order valence-electron chi connectivity index (χ1n) is 5.97. The van der Waals surface area contributed by atoms with Gasteiger partial charge in [-0.15, -0.1) is 0 Å². The average Bonchev–Trinajstić information content (AvgIpc) is 2.86. The first-order chi connectivity index (χ1) is 9.25. The lowest BCUT2D eigenvalue weighted by molar-refractivity contribution is 0.534. The number of aromatic nitrogens is 2. The zero-order valence-corrected chi connectivity index (χ0v) is 11.7. The van der Waals surface area contributed by atoms with Gasteiger partial charge in [-0.3, -0.25) is 0 Å². The molecule has 0 unspecified atom stereocenters. The van der Waals surface area contributed by atoms with Crippen LogP contribution in [0.15, 0.2) is 27.5 Å². The highest BCUT2D eigenvalue weighted by Crippen LogP contribution is 2.29. The van der Waals surface area contributed by atoms with E-state index in [9.17, 15) is 4.39 Å². The highest BCUT2D eigenvalue weighted by Gasteiger charge is 2.21. The van der Waals surface area contributed by atoms with Gasteiger partial charge in [-0.25, -0.2) is 14.4 Å². The number of piperazine rings is 1. The van der Waals surface area contributed by atoms with Gasteiger partial charge in [-0.1, -0.05) is 0 Å². The van der Waals surface area contributed by atoms with E-state index in [1.54, 1.807) is 12.1 Å². The zero-order valence-electron chi connectivity index (χ0n) is 10.1. The third kappa shape index (κ3) is 2.48. The zero-order chi connectivity index (χ0) is 13.2. The summed E-state index contributed by atoms with van der Waals surface area (Å²) in [6.45, 7) is 3.11. The number of hydrogen-bond donors (Lipinski definition) is 1. The molecule has 0 atom stereocenters. The van der Waals surface area contributed by atoms with E-state index in [0.29, 0.717) is 16.2 Å². The van der Waals surface area contributed by atoms with Crippen molar-refractivity contribution in [3.63, 3.8) is 0 Å². The lowest BCUT2D eigenvalue weighted by Crippen LogP contribution is -2.44. The molecular formula is C12H12BrFN4O. The fourth-order valence-corrected chi connectivity index (χ4v) is 2.38. The Hall–Kier alpha value is -1.47. The Kier molecular flexibility index (Phi) is 3.48. The van der Waals surface area contributed by atoms with Crippen molar-refractivity contribution in [1.82, 2.24) is 15.3 Å². The minimum absolute atomic E-state index is 0.189. The van der Waals surface area contributed by atoms with E-state index in [4.69, 9.17) is 4.42 Å². The van der Waals surface area contributed by atoms with Gasteiger partial charge in [0.15, 0.2) is 22.1 Å². The van der Waals surface area contributed by atoms with Crippen LogP contribution in [0.3, 0.4) is 0 Å². The van der Waals surface area contributed by atoms with Crippen molar-refractivity contribution in [2.45, 2.75) is 0 Å². The largest absolute Gasteiger partial charge is 0.448 e. The van der Waals surface area contributed by atoms with Crippen molar-refractivity contribution in [1.29, 1.82) is 0 Å². The number of rotatable bonds is 2. The molecule has 100 valence electrons. The van der Waals surface area contributed by atoms with Crippen LogP contribution in [0, 0.1) is 5.82 Å². The Morgan fingerprint density at radius 3 is 2.74 bits per heavy atom. The van der Waals surface area contributed by atoms with Crippen LogP contribution in [0.2, 0.25) is 0 Å². The summed E-state index contributed by atoms with van der Waals surface area (Å²) in [5.41, 5.74) is 0.189. The molecule has 0 aliphatic carbocycles. The van der Waals surface area contributed by atoms with E-state index >= 15 is 0 Å². The lowest BCUT2D eigenvalue weighted by atomic mass is 10.2.